The zero-order valence-electron chi connectivity index (χ0n) is 11.2. The predicted molar refractivity (Wildman–Crippen MR) is 76.4 cm³/mol. The Bertz CT molecular complexity index is 512. The van der Waals surface area contributed by atoms with Crippen LogP contribution in [-0.2, 0) is 0 Å². The van der Waals surface area contributed by atoms with E-state index in [9.17, 15) is 9.18 Å². The summed E-state index contributed by atoms with van der Waals surface area (Å²) in [4.78, 5) is 11.8. The molecule has 0 spiro atoms. The number of anilines is 1. The second kappa shape index (κ2) is 6.36. The Kier molecular flexibility index (Phi) is 4.55. The maximum atomic E-state index is 13.4. The van der Waals surface area contributed by atoms with Crippen molar-refractivity contribution in [3.8, 4) is 0 Å². The van der Waals surface area contributed by atoms with Gasteiger partial charge in [-0.15, -0.1) is 0 Å². The van der Waals surface area contributed by atoms with Crippen LogP contribution in [0.5, 0.6) is 0 Å². The van der Waals surface area contributed by atoms with Crippen molar-refractivity contribution in [3.63, 3.8) is 0 Å². The lowest BCUT2D eigenvalue weighted by Crippen LogP contribution is -2.39. The number of nitrogen functional groups attached to an aromatic ring is 1. The number of nitrogens with one attached hydrogen (secondary N) is 3. The zero-order chi connectivity index (χ0) is 14.5. The normalized spacial score (nSPS) is 15.7. The summed E-state index contributed by atoms with van der Waals surface area (Å²) in [6.07, 6.45) is 5.48. The molecule has 2 rings (SSSR count). The van der Waals surface area contributed by atoms with E-state index in [1.807, 2.05) is 0 Å². The number of rotatable bonds is 3. The number of carbonyl (C=O) groups is 1. The van der Waals surface area contributed by atoms with Gasteiger partial charge in [0.25, 0.3) is 0 Å². The summed E-state index contributed by atoms with van der Waals surface area (Å²) in [5.74, 6) is -0.936. The molecule has 1 fully saturated rings. The predicted octanol–water partition coefficient (Wildman–Crippen LogP) is 2.56. The van der Waals surface area contributed by atoms with Gasteiger partial charge in [0.15, 0.2) is 0 Å². The largest absolute Gasteiger partial charge is 0.384 e. The van der Waals surface area contributed by atoms with E-state index in [1.165, 1.54) is 24.6 Å². The molecule has 1 aliphatic carbocycles. The van der Waals surface area contributed by atoms with Crippen molar-refractivity contribution in [2.24, 2.45) is 5.73 Å². The van der Waals surface area contributed by atoms with Crippen LogP contribution in [0.4, 0.5) is 14.9 Å². The highest BCUT2D eigenvalue weighted by Crippen LogP contribution is 2.18. The first-order chi connectivity index (χ1) is 9.56. The van der Waals surface area contributed by atoms with E-state index < -0.39 is 5.82 Å². The highest BCUT2D eigenvalue weighted by Gasteiger charge is 2.16. The fraction of sp³-hybridized carbons (Fsp3) is 0.429. The van der Waals surface area contributed by atoms with Crippen molar-refractivity contribution in [3.05, 3.63) is 29.6 Å². The molecule has 1 saturated carbocycles. The third kappa shape index (κ3) is 3.69. The Balaban J connectivity index is 1.96. The van der Waals surface area contributed by atoms with E-state index in [4.69, 9.17) is 11.1 Å². The number of urea groups is 1. The number of amidine groups is 1. The fourth-order valence-corrected chi connectivity index (χ4v) is 2.41. The number of carbonyl (C=O) groups excluding carboxylic acids is 1. The quantitative estimate of drug-likeness (QED) is 0.505. The monoisotopic (exact) mass is 278 g/mol. The Morgan fingerprint density at radius 2 is 2.00 bits per heavy atom. The number of amides is 2. The highest BCUT2D eigenvalue weighted by atomic mass is 19.1. The minimum absolute atomic E-state index is 0.0135. The van der Waals surface area contributed by atoms with E-state index in [1.54, 1.807) is 0 Å². The first kappa shape index (κ1) is 14.3. The molecular formula is C14H19FN4O. The van der Waals surface area contributed by atoms with Crippen molar-refractivity contribution in [2.75, 3.05) is 5.32 Å². The Labute approximate surface area is 117 Å². The molecule has 0 unspecified atom stereocenters. The molecule has 0 heterocycles. The van der Waals surface area contributed by atoms with Crippen LogP contribution in [0.15, 0.2) is 18.2 Å². The van der Waals surface area contributed by atoms with Crippen LogP contribution in [0.1, 0.15) is 37.7 Å². The van der Waals surface area contributed by atoms with Gasteiger partial charge in [-0.3, -0.25) is 5.41 Å². The van der Waals surface area contributed by atoms with Crippen molar-refractivity contribution in [1.82, 2.24) is 5.32 Å². The van der Waals surface area contributed by atoms with Crippen molar-refractivity contribution in [2.45, 2.75) is 38.1 Å². The van der Waals surface area contributed by atoms with Gasteiger partial charge in [-0.25, -0.2) is 9.18 Å². The van der Waals surface area contributed by atoms with Gasteiger partial charge in [-0.05, 0) is 31.0 Å². The molecule has 5 nitrogen and oxygen atoms in total. The lowest BCUT2D eigenvalue weighted by Gasteiger charge is -2.22. The van der Waals surface area contributed by atoms with E-state index in [2.05, 4.69) is 10.6 Å². The third-order valence-electron chi connectivity index (χ3n) is 3.45. The minimum atomic E-state index is -0.573. The third-order valence-corrected chi connectivity index (χ3v) is 3.45. The van der Waals surface area contributed by atoms with Crippen molar-refractivity contribution >= 4 is 17.6 Å². The number of hydrogen-bond donors (Lipinski definition) is 4. The lowest BCUT2D eigenvalue weighted by atomic mass is 9.96. The van der Waals surface area contributed by atoms with Crippen LogP contribution in [-0.4, -0.2) is 17.9 Å². The number of nitrogens with two attached hydrogens (primary N) is 1. The molecule has 5 N–H and O–H groups in total. The van der Waals surface area contributed by atoms with E-state index in [0.717, 1.165) is 25.7 Å². The maximum Gasteiger partial charge on any atom is 0.319 e. The molecule has 2 amide bonds. The van der Waals surface area contributed by atoms with Crippen LogP contribution in [0.3, 0.4) is 0 Å². The summed E-state index contributed by atoms with van der Waals surface area (Å²) >= 11 is 0. The summed E-state index contributed by atoms with van der Waals surface area (Å²) < 4.78 is 13.4. The van der Waals surface area contributed by atoms with Gasteiger partial charge in [0.1, 0.15) is 11.7 Å². The Hall–Kier alpha value is -2.11. The molecule has 0 aromatic heterocycles. The molecular weight excluding hydrogens is 259 g/mol. The lowest BCUT2D eigenvalue weighted by molar-refractivity contribution is 0.244. The van der Waals surface area contributed by atoms with Crippen LogP contribution >= 0.6 is 0 Å². The first-order valence-electron chi connectivity index (χ1n) is 6.77. The van der Waals surface area contributed by atoms with Crippen molar-refractivity contribution in [1.29, 1.82) is 5.41 Å². The summed E-state index contributed by atoms with van der Waals surface area (Å²) in [5, 5.41) is 12.8. The van der Waals surface area contributed by atoms with Crippen LogP contribution in [0.25, 0.3) is 0 Å². The summed E-state index contributed by atoms with van der Waals surface area (Å²) in [5.41, 5.74) is 5.69. The van der Waals surface area contributed by atoms with Gasteiger partial charge in [-0.1, -0.05) is 19.3 Å². The standard InChI is InChI=1S/C14H19FN4O/c15-12-7-6-10(8-11(12)13(16)17)19-14(20)18-9-4-2-1-3-5-9/h6-9H,1-5H2,(H3,16,17)(H2,18,19,20). The number of halogens is 1. The van der Waals surface area contributed by atoms with Crippen molar-refractivity contribution < 1.29 is 9.18 Å². The van der Waals surface area contributed by atoms with Gasteiger partial charge in [0.2, 0.25) is 0 Å². The average Bonchev–Trinajstić information content (AvgIpc) is 2.41. The second-order valence-electron chi connectivity index (χ2n) is 5.04. The summed E-state index contributed by atoms with van der Waals surface area (Å²) in [7, 11) is 0. The average molecular weight is 278 g/mol. The van der Waals surface area contributed by atoms with Crippen LogP contribution < -0.4 is 16.4 Å². The molecule has 0 radical (unpaired) electrons. The molecule has 1 aromatic rings. The summed E-state index contributed by atoms with van der Waals surface area (Å²) in [6, 6.07) is 3.89. The molecule has 0 aliphatic heterocycles. The number of hydrogen-bond acceptors (Lipinski definition) is 2. The molecule has 0 atom stereocenters. The van der Waals surface area contributed by atoms with Gasteiger partial charge < -0.3 is 16.4 Å². The van der Waals surface area contributed by atoms with E-state index in [-0.39, 0.29) is 23.5 Å². The molecule has 0 bridgehead atoms. The number of benzene rings is 1. The topological polar surface area (TPSA) is 91.0 Å². The Morgan fingerprint density at radius 1 is 1.30 bits per heavy atom. The smallest absolute Gasteiger partial charge is 0.319 e. The van der Waals surface area contributed by atoms with Gasteiger partial charge in [0, 0.05) is 11.7 Å². The molecule has 20 heavy (non-hydrogen) atoms. The van der Waals surface area contributed by atoms with Gasteiger partial charge in [-0.2, -0.15) is 0 Å². The minimum Gasteiger partial charge on any atom is -0.384 e. The second-order valence-corrected chi connectivity index (χ2v) is 5.04. The fourth-order valence-electron chi connectivity index (χ4n) is 2.41. The SMILES string of the molecule is N=C(N)c1cc(NC(=O)NC2CCCCC2)ccc1F. The van der Waals surface area contributed by atoms with E-state index in [0.29, 0.717) is 5.69 Å². The highest BCUT2D eigenvalue weighted by molar-refractivity contribution is 5.97. The van der Waals surface area contributed by atoms with Gasteiger partial charge in [0.05, 0.1) is 5.56 Å². The first-order valence-corrected chi connectivity index (χ1v) is 6.77. The van der Waals surface area contributed by atoms with E-state index >= 15 is 0 Å². The van der Waals surface area contributed by atoms with Gasteiger partial charge >= 0.3 is 6.03 Å². The van der Waals surface area contributed by atoms with Crippen LogP contribution in [0.2, 0.25) is 0 Å². The molecule has 108 valence electrons. The molecule has 6 heteroatoms. The molecule has 1 aromatic carbocycles. The maximum absolute atomic E-state index is 13.4. The van der Waals surface area contributed by atoms with Crippen LogP contribution in [0, 0.1) is 11.2 Å². The Morgan fingerprint density at radius 3 is 2.65 bits per heavy atom. The zero-order valence-corrected chi connectivity index (χ0v) is 11.2. The summed E-state index contributed by atoms with van der Waals surface area (Å²) in [6.45, 7) is 0. The molecule has 0 saturated heterocycles. The molecule has 1 aliphatic rings.